The fourth-order valence-corrected chi connectivity index (χ4v) is 1.61. The van der Waals surface area contributed by atoms with Gasteiger partial charge in [0.15, 0.2) is 0 Å². The average molecular weight is 229 g/mol. The Labute approximate surface area is 100 Å². The number of hydrogen-bond donors (Lipinski definition) is 2. The molecule has 1 unspecified atom stereocenters. The highest BCUT2D eigenvalue weighted by Gasteiger charge is 2.09. The Morgan fingerprint density at radius 3 is 2.41 bits per heavy atom. The smallest absolute Gasteiger partial charge is 0.141 e. The molecular weight excluding hydrogens is 214 g/mol. The van der Waals surface area contributed by atoms with E-state index in [9.17, 15) is 5.11 Å². The maximum absolute atomic E-state index is 9.35. The lowest BCUT2D eigenvalue weighted by Gasteiger charge is -2.15. The minimum atomic E-state index is -0.0833. The first kappa shape index (κ1) is 11.7. The zero-order chi connectivity index (χ0) is 11.9. The molecule has 2 aromatic rings. The van der Waals surface area contributed by atoms with Crippen LogP contribution in [0.2, 0.25) is 0 Å². The minimum Gasteiger partial charge on any atom is -0.394 e. The number of rotatable bonds is 5. The molecule has 17 heavy (non-hydrogen) atoms. The molecule has 0 amide bonds. The van der Waals surface area contributed by atoms with E-state index in [4.69, 9.17) is 0 Å². The van der Waals surface area contributed by atoms with Crippen molar-refractivity contribution in [2.45, 2.75) is 12.6 Å². The van der Waals surface area contributed by atoms with Crippen LogP contribution in [0.5, 0.6) is 0 Å². The Kier molecular flexibility index (Phi) is 4.18. The van der Waals surface area contributed by atoms with Gasteiger partial charge in [-0.3, -0.25) is 0 Å². The van der Waals surface area contributed by atoms with E-state index in [1.54, 1.807) is 18.5 Å². The van der Waals surface area contributed by atoms with Crippen molar-refractivity contribution in [3.63, 3.8) is 0 Å². The van der Waals surface area contributed by atoms with Gasteiger partial charge in [-0.25, -0.2) is 9.97 Å². The second-order valence-electron chi connectivity index (χ2n) is 3.69. The van der Waals surface area contributed by atoms with Crippen molar-refractivity contribution in [1.29, 1.82) is 0 Å². The van der Waals surface area contributed by atoms with E-state index in [0.29, 0.717) is 6.54 Å². The van der Waals surface area contributed by atoms with Crippen LogP contribution < -0.4 is 5.32 Å². The van der Waals surface area contributed by atoms with Crippen LogP contribution in [0.3, 0.4) is 0 Å². The van der Waals surface area contributed by atoms with Crippen molar-refractivity contribution in [1.82, 2.24) is 15.3 Å². The van der Waals surface area contributed by atoms with Gasteiger partial charge in [0.05, 0.1) is 19.2 Å². The predicted molar refractivity (Wildman–Crippen MR) is 65.1 cm³/mol. The van der Waals surface area contributed by atoms with Gasteiger partial charge >= 0.3 is 0 Å². The van der Waals surface area contributed by atoms with Crippen molar-refractivity contribution in [2.75, 3.05) is 6.61 Å². The Morgan fingerprint density at radius 2 is 1.76 bits per heavy atom. The molecule has 1 aromatic carbocycles. The molecular formula is C13H15N3O. The lowest BCUT2D eigenvalue weighted by Crippen LogP contribution is -2.24. The molecule has 0 saturated carbocycles. The second kappa shape index (κ2) is 6.08. The van der Waals surface area contributed by atoms with Gasteiger partial charge in [0.25, 0.3) is 0 Å². The van der Waals surface area contributed by atoms with Gasteiger partial charge in [-0.1, -0.05) is 30.3 Å². The van der Waals surface area contributed by atoms with Gasteiger partial charge in [-0.2, -0.15) is 0 Å². The monoisotopic (exact) mass is 229 g/mol. The quantitative estimate of drug-likeness (QED) is 0.811. The van der Waals surface area contributed by atoms with Crippen LogP contribution in [0.25, 0.3) is 0 Å². The lowest BCUT2D eigenvalue weighted by atomic mass is 10.1. The third kappa shape index (κ3) is 3.34. The van der Waals surface area contributed by atoms with Gasteiger partial charge in [-0.15, -0.1) is 0 Å². The summed E-state index contributed by atoms with van der Waals surface area (Å²) >= 11 is 0. The van der Waals surface area contributed by atoms with E-state index >= 15 is 0 Å². The first-order valence-electron chi connectivity index (χ1n) is 5.55. The molecule has 4 heteroatoms. The summed E-state index contributed by atoms with van der Waals surface area (Å²) in [7, 11) is 0. The molecule has 0 saturated heterocycles. The molecule has 2 N–H and O–H groups in total. The number of aliphatic hydroxyl groups excluding tert-OH is 1. The third-order valence-corrected chi connectivity index (χ3v) is 2.51. The summed E-state index contributed by atoms with van der Waals surface area (Å²) in [5.41, 5.74) is 1.06. The molecule has 0 fully saturated rings. The first-order valence-corrected chi connectivity index (χ1v) is 5.55. The standard InChI is InChI=1S/C13H15N3O/c17-10-12(11-5-2-1-3-6-11)16-9-13-14-7-4-8-15-13/h1-8,12,16-17H,9-10H2. The highest BCUT2D eigenvalue weighted by molar-refractivity contribution is 5.18. The Bertz CT molecular complexity index is 433. The van der Waals surface area contributed by atoms with E-state index in [1.165, 1.54) is 0 Å². The van der Waals surface area contributed by atoms with Gasteiger partial charge in [0, 0.05) is 12.4 Å². The maximum Gasteiger partial charge on any atom is 0.141 e. The molecule has 88 valence electrons. The summed E-state index contributed by atoms with van der Waals surface area (Å²) in [6, 6.07) is 11.5. The number of benzene rings is 1. The van der Waals surface area contributed by atoms with Crippen molar-refractivity contribution in [2.24, 2.45) is 0 Å². The summed E-state index contributed by atoms with van der Waals surface area (Å²) in [6.45, 7) is 0.595. The Hall–Kier alpha value is -1.78. The summed E-state index contributed by atoms with van der Waals surface area (Å²) < 4.78 is 0. The van der Waals surface area contributed by atoms with Crippen LogP contribution in [0, 0.1) is 0 Å². The molecule has 2 rings (SSSR count). The minimum absolute atomic E-state index is 0.0524. The van der Waals surface area contributed by atoms with Crippen molar-refractivity contribution >= 4 is 0 Å². The largest absolute Gasteiger partial charge is 0.394 e. The normalized spacial score (nSPS) is 12.3. The van der Waals surface area contributed by atoms with Crippen LogP contribution >= 0.6 is 0 Å². The third-order valence-electron chi connectivity index (χ3n) is 2.51. The summed E-state index contributed by atoms with van der Waals surface area (Å²) in [6.07, 6.45) is 3.42. The fraction of sp³-hybridized carbons (Fsp3) is 0.231. The van der Waals surface area contributed by atoms with E-state index in [2.05, 4.69) is 15.3 Å². The fourth-order valence-electron chi connectivity index (χ4n) is 1.61. The number of aliphatic hydroxyl groups is 1. The molecule has 0 radical (unpaired) electrons. The van der Waals surface area contributed by atoms with Gasteiger partial charge in [-0.05, 0) is 11.6 Å². The van der Waals surface area contributed by atoms with Gasteiger partial charge < -0.3 is 10.4 Å². The average Bonchev–Trinajstić information content (AvgIpc) is 2.42. The predicted octanol–water partition coefficient (Wildman–Crippen LogP) is 1.30. The Morgan fingerprint density at radius 1 is 1.06 bits per heavy atom. The molecule has 1 atom stereocenters. The van der Waals surface area contributed by atoms with Crippen LogP contribution in [0.15, 0.2) is 48.8 Å². The molecule has 1 aromatic heterocycles. The summed E-state index contributed by atoms with van der Waals surface area (Å²) in [5.74, 6) is 0.724. The molecule has 1 heterocycles. The summed E-state index contributed by atoms with van der Waals surface area (Å²) in [4.78, 5) is 8.25. The van der Waals surface area contributed by atoms with Crippen molar-refractivity contribution in [3.8, 4) is 0 Å². The van der Waals surface area contributed by atoms with E-state index in [1.807, 2.05) is 30.3 Å². The van der Waals surface area contributed by atoms with E-state index in [0.717, 1.165) is 11.4 Å². The lowest BCUT2D eigenvalue weighted by molar-refractivity contribution is 0.243. The molecule has 0 aliphatic carbocycles. The first-order chi connectivity index (χ1) is 8.40. The number of hydrogen-bond acceptors (Lipinski definition) is 4. The van der Waals surface area contributed by atoms with Crippen molar-refractivity contribution in [3.05, 3.63) is 60.2 Å². The highest BCUT2D eigenvalue weighted by Crippen LogP contribution is 2.11. The zero-order valence-corrected chi connectivity index (χ0v) is 9.45. The highest BCUT2D eigenvalue weighted by atomic mass is 16.3. The van der Waals surface area contributed by atoms with Crippen molar-refractivity contribution < 1.29 is 5.11 Å². The van der Waals surface area contributed by atoms with Gasteiger partial charge in [0.2, 0.25) is 0 Å². The maximum atomic E-state index is 9.35. The number of nitrogens with one attached hydrogen (secondary N) is 1. The van der Waals surface area contributed by atoms with Crippen LogP contribution in [0.1, 0.15) is 17.4 Å². The molecule has 0 aliphatic rings. The molecule has 0 spiro atoms. The van der Waals surface area contributed by atoms with Crippen LogP contribution in [0.4, 0.5) is 0 Å². The van der Waals surface area contributed by atoms with Crippen LogP contribution in [-0.4, -0.2) is 21.7 Å². The molecule has 0 aliphatic heterocycles. The van der Waals surface area contributed by atoms with Crippen LogP contribution in [-0.2, 0) is 6.54 Å². The molecule has 4 nitrogen and oxygen atoms in total. The summed E-state index contributed by atoms with van der Waals surface area (Å²) in [5, 5.41) is 12.6. The Balaban J connectivity index is 1.97. The second-order valence-corrected chi connectivity index (χ2v) is 3.69. The molecule has 0 bridgehead atoms. The SMILES string of the molecule is OCC(NCc1ncccn1)c1ccccc1. The number of aromatic nitrogens is 2. The van der Waals surface area contributed by atoms with Gasteiger partial charge in [0.1, 0.15) is 5.82 Å². The van der Waals surface area contributed by atoms with E-state index < -0.39 is 0 Å². The van der Waals surface area contributed by atoms with E-state index in [-0.39, 0.29) is 12.6 Å². The number of nitrogens with zero attached hydrogens (tertiary/aromatic N) is 2. The zero-order valence-electron chi connectivity index (χ0n) is 9.45. The topological polar surface area (TPSA) is 58.0 Å².